The van der Waals surface area contributed by atoms with Crippen LogP contribution in [0, 0.1) is 0 Å². The fourth-order valence-electron chi connectivity index (χ4n) is 1.70. The summed E-state index contributed by atoms with van der Waals surface area (Å²) in [6.07, 6.45) is 0. The molecule has 0 amide bonds. The largest absolute Gasteiger partial charge is 0.405 e. The van der Waals surface area contributed by atoms with Crippen molar-refractivity contribution in [1.29, 1.82) is 0 Å². The van der Waals surface area contributed by atoms with Crippen LogP contribution in [0.25, 0.3) is 0 Å². The summed E-state index contributed by atoms with van der Waals surface area (Å²) in [5, 5.41) is 6.56. The molecule has 0 radical (unpaired) electrons. The molecule has 108 valence electrons. The third-order valence-electron chi connectivity index (χ3n) is 2.74. The molecule has 2 aromatic carbocycles. The highest BCUT2D eigenvalue weighted by Crippen LogP contribution is 1.99. The molecule has 0 spiro atoms. The summed E-state index contributed by atoms with van der Waals surface area (Å²) in [7, 11) is 0. The number of thiocarbonyl (C=S) groups is 2. The second-order valence-corrected chi connectivity index (χ2v) is 5.10. The predicted octanol–water partition coefficient (Wildman–Crippen LogP) is 3.15. The van der Waals surface area contributed by atoms with Gasteiger partial charge in [-0.2, -0.15) is 0 Å². The van der Waals surface area contributed by atoms with E-state index in [0.717, 1.165) is 11.1 Å². The first kappa shape index (κ1) is 15.4. The van der Waals surface area contributed by atoms with Gasteiger partial charge < -0.3 is 15.4 Å². The second kappa shape index (κ2) is 8.34. The molecule has 0 heterocycles. The maximum absolute atomic E-state index is 5.33. The molecule has 2 N–H and O–H groups in total. The minimum Gasteiger partial charge on any atom is -0.405 e. The molecule has 0 aliphatic heterocycles. The Hall–Kier alpha value is -1.98. The fraction of sp³-hybridized carbons (Fsp3) is 0.125. The first-order chi connectivity index (χ1) is 10.2. The van der Waals surface area contributed by atoms with Crippen molar-refractivity contribution in [3.63, 3.8) is 0 Å². The van der Waals surface area contributed by atoms with Crippen LogP contribution in [0.15, 0.2) is 60.7 Å². The maximum atomic E-state index is 5.33. The summed E-state index contributed by atoms with van der Waals surface area (Å²) >= 11 is 10.2. The molecule has 0 unspecified atom stereocenters. The third-order valence-corrected chi connectivity index (χ3v) is 3.20. The van der Waals surface area contributed by atoms with Gasteiger partial charge in [-0.15, -0.1) is 0 Å². The zero-order valence-electron chi connectivity index (χ0n) is 11.4. The van der Waals surface area contributed by atoms with Crippen molar-refractivity contribution >= 4 is 34.8 Å². The van der Waals surface area contributed by atoms with Crippen molar-refractivity contribution in [2.45, 2.75) is 13.1 Å². The van der Waals surface area contributed by atoms with E-state index in [1.807, 2.05) is 60.7 Å². The molecule has 5 heteroatoms. The van der Waals surface area contributed by atoms with E-state index in [0.29, 0.717) is 13.1 Å². The van der Waals surface area contributed by atoms with Crippen molar-refractivity contribution < 1.29 is 4.74 Å². The van der Waals surface area contributed by atoms with Crippen molar-refractivity contribution in [3.8, 4) is 0 Å². The normalized spacial score (nSPS) is 9.71. The Balaban J connectivity index is 1.69. The van der Waals surface area contributed by atoms with Crippen LogP contribution in [0.4, 0.5) is 0 Å². The molecule has 0 atom stereocenters. The molecule has 21 heavy (non-hydrogen) atoms. The standard InChI is InChI=1S/C16H16N2OS2/c20-15(17-11-13-7-3-1-4-8-13)19-16(21)18-12-14-9-5-2-6-10-14/h1-10H,11-12H2,(H,17,20)(H,18,21). The summed E-state index contributed by atoms with van der Waals surface area (Å²) < 4.78 is 5.33. The molecule has 3 nitrogen and oxygen atoms in total. The van der Waals surface area contributed by atoms with Crippen LogP contribution in [0.5, 0.6) is 0 Å². The molecular weight excluding hydrogens is 300 g/mol. The van der Waals surface area contributed by atoms with Gasteiger partial charge in [0, 0.05) is 13.1 Å². The lowest BCUT2D eigenvalue weighted by molar-refractivity contribution is 0.508. The van der Waals surface area contributed by atoms with Crippen LogP contribution in [0.3, 0.4) is 0 Å². The first-order valence-corrected chi connectivity index (χ1v) is 7.37. The van der Waals surface area contributed by atoms with Gasteiger partial charge in [-0.05, 0) is 35.6 Å². The molecule has 0 aliphatic carbocycles. The van der Waals surface area contributed by atoms with Crippen LogP contribution in [-0.2, 0) is 17.8 Å². The molecule has 0 bridgehead atoms. The second-order valence-electron chi connectivity index (χ2n) is 4.36. The Morgan fingerprint density at radius 3 is 1.48 bits per heavy atom. The maximum Gasteiger partial charge on any atom is 0.264 e. The zero-order valence-corrected chi connectivity index (χ0v) is 13.0. The van der Waals surface area contributed by atoms with Crippen molar-refractivity contribution in [2.75, 3.05) is 0 Å². The highest BCUT2D eigenvalue weighted by Gasteiger charge is 2.02. The third kappa shape index (κ3) is 5.89. The Morgan fingerprint density at radius 2 is 1.10 bits per heavy atom. The molecule has 2 aromatic rings. The van der Waals surface area contributed by atoms with Crippen LogP contribution in [-0.4, -0.2) is 10.3 Å². The van der Waals surface area contributed by atoms with E-state index in [4.69, 9.17) is 29.2 Å². The van der Waals surface area contributed by atoms with E-state index in [-0.39, 0.29) is 10.3 Å². The summed E-state index contributed by atoms with van der Waals surface area (Å²) in [5.41, 5.74) is 2.26. The van der Waals surface area contributed by atoms with E-state index in [1.165, 1.54) is 0 Å². The number of benzene rings is 2. The lowest BCUT2D eigenvalue weighted by Crippen LogP contribution is -2.31. The fourth-order valence-corrected chi connectivity index (χ4v) is 2.06. The summed E-state index contributed by atoms with van der Waals surface area (Å²) in [6, 6.07) is 19.9. The number of nitrogens with one attached hydrogen (secondary N) is 2. The highest BCUT2D eigenvalue weighted by molar-refractivity contribution is 7.81. The minimum absolute atomic E-state index is 0.268. The summed E-state index contributed by atoms with van der Waals surface area (Å²) in [6.45, 7) is 1.22. The summed E-state index contributed by atoms with van der Waals surface area (Å²) in [5.74, 6) is 0. The molecule has 0 fully saturated rings. The lowest BCUT2D eigenvalue weighted by atomic mass is 10.2. The van der Waals surface area contributed by atoms with Crippen molar-refractivity contribution in [2.24, 2.45) is 0 Å². The Labute approximate surface area is 135 Å². The first-order valence-electron chi connectivity index (χ1n) is 6.55. The number of ether oxygens (including phenoxy) is 1. The van der Waals surface area contributed by atoms with Crippen molar-refractivity contribution in [1.82, 2.24) is 10.6 Å². The van der Waals surface area contributed by atoms with E-state index >= 15 is 0 Å². The SMILES string of the molecule is S=C(NCc1ccccc1)OC(=S)NCc1ccccc1. The number of hydrogen-bond donors (Lipinski definition) is 2. The van der Waals surface area contributed by atoms with Gasteiger partial charge in [0.15, 0.2) is 0 Å². The van der Waals surface area contributed by atoms with Gasteiger partial charge in [0.25, 0.3) is 10.3 Å². The van der Waals surface area contributed by atoms with Gasteiger partial charge in [0.05, 0.1) is 0 Å². The quantitative estimate of drug-likeness (QED) is 0.847. The highest BCUT2D eigenvalue weighted by atomic mass is 32.1. The smallest absolute Gasteiger partial charge is 0.264 e. The Morgan fingerprint density at radius 1 is 0.714 bits per heavy atom. The van der Waals surface area contributed by atoms with E-state index < -0.39 is 0 Å². The van der Waals surface area contributed by atoms with Gasteiger partial charge in [0.1, 0.15) is 0 Å². The molecule has 0 aromatic heterocycles. The van der Waals surface area contributed by atoms with Gasteiger partial charge in [-0.1, -0.05) is 60.7 Å². The average molecular weight is 316 g/mol. The van der Waals surface area contributed by atoms with Gasteiger partial charge in [-0.25, -0.2) is 0 Å². The Bertz CT molecular complexity index is 534. The van der Waals surface area contributed by atoms with Crippen LogP contribution < -0.4 is 10.6 Å². The predicted molar refractivity (Wildman–Crippen MR) is 92.8 cm³/mol. The summed E-state index contributed by atoms with van der Waals surface area (Å²) in [4.78, 5) is 0. The van der Waals surface area contributed by atoms with Crippen molar-refractivity contribution in [3.05, 3.63) is 71.8 Å². The van der Waals surface area contributed by atoms with E-state index in [1.54, 1.807) is 0 Å². The lowest BCUT2D eigenvalue weighted by Gasteiger charge is -2.11. The van der Waals surface area contributed by atoms with Gasteiger partial charge in [-0.3, -0.25) is 0 Å². The van der Waals surface area contributed by atoms with Gasteiger partial charge in [0.2, 0.25) is 0 Å². The minimum atomic E-state index is 0.268. The average Bonchev–Trinajstić information content (AvgIpc) is 2.53. The van der Waals surface area contributed by atoms with Crippen LogP contribution >= 0.6 is 24.4 Å². The van der Waals surface area contributed by atoms with Gasteiger partial charge >= 0.3 is 0 Å². The topological polar surface area (TPSA) is 33.3 Å². The van der Waals surface area contributed by atoms with E-state index in [9.17, 15) is 0 Å². The van der Waals surface area contributed by atoms with E-state index in [2.05, 4.69) is 10.6 Å². The van der Waals surface area contributed by atoms with Crippen LogP contribution in [0.1, 0.15) is 11.1 Å². The molecule has 2 rings (SSSR count). The molecule has 0 saturated carbocycles. The molecule has 0 saturated heterocycles. The number of hydrogen-bond acceptors (Lipinski definition) is 3. The number of rotatable bonds is 4. The molecular formula is C16H16N2OS2. The Kier molecular flexibility index (Phi) is 6.12. The van der Waals surface area contributed by atoms with Crippen LogP contribution in [0.2, 0.25) is 0 Å². The molecule has 0 aliphatic rings. The zero-order chi connectivity index (χ0) is 14.9. The monoisotopic (exact) mass is 316 g/mol.